The van der Waals surface area contributed by atoms with Crippen LogP contribution in [0.2, 0.25) is 0 Å². The average molecular weight is 399 g/mol. The van der Waals surface area contributed by atoms with Crippen LogP contribution in [-0.4, -0.2) is 31.7 Å². The number of benzene rings is 2. The largest absolute Gasteiger partial charge is 0.508 e. The van der Waals surface area contributed by atoms with Crippen LogP contribution in [0.15, 0.2) is 85.3 Å². The molecule has 0 aliphatic heterocycles. The van der Waals surface area contributed by atoms with Crippen LogP contribution in [0.4, 0.5) is 0 Å². The first kappa shape index (κ1) is 18.9. The first-order chi connectivity index (χ1) is 14.6. The quantitative estimate of drug-likeness (QED) is 0.457. The van der Waals surface area contributed by atoms with Gasteiger partial charge in [-0.15, -0.1) is 0 Å². The number of amides is 2. The Morgan fingerprint density at radius 3 is 2.43 bits per heavy atom. The highest BCUT2D eigenvalue weighted by Crippen LogP contribution is 2.23. The van der Waals surface area contributed by atoms with Gasteiger partial charge in [0.2, 0.25) is 0 Å². The normalized spacial score (nSPS) is 10.4. The molecule has 2 aromatic heterocycles. The van der Waals surface area contributed by atoms with Gasteiger partial charge < -0.3 is 5.11 Å². The molecule has 0 fully saturated rings. The molecule has 0 atom stereocenters. The second-order valence-electron chi connectivity index (χ2n) is 6.37. The fraction of sp³-hybridized carbons (Fsp3) is 0. The van der Waals surface area contributed by atoms with Crippen molar-refractivity contribution >= 4 is 11.8 Å². The van der Waals surface area contributed by atoms with Crippen LogP contribution in [0.25, 0.3) is 16.9 Å². The number of aromatic nitrogens is 3. The van der Waals surface area contributed by atoms with Gasteiger partial charge in [0, 0.05) is 29.7 Å². The second-order valence-corrected chi connectivity index (χ2v) is 6.37. The molecule has 0 aliphatic rings. The van der Waals surface area contributed by atoms with Crippen LogP contribution in [0, 0.1) is 0 Å². The van der Waals surface area contributed by atoms with Crippen molar-refractivity contribution in [3.63, 3.8) is 0 Å². The monoisotopic (exact) mass is 399 g/mol. The third-order valence-corrected chi connectivity index (χ3v) is 4.31. The van der Waals surface area contributed by atoms with E-state index in [1.54, 1.807) is 35.4 Å². The Morgan fingerprint density at radius 2 is 1.70 bits per heavy atom. The Hall–Kier alpha value is -4.46. The van der Waals surface area contributed by atoms with Crippen molar-refractivity contribution < 1.29 is 14.7 Å². The molecule has 0 saturated carbocycles. The lowest BCUT2D eigenvalue weighted by Gasteiger charge is -2.07. The Bertz CT molecular complexity index is 1190. The summed E-state index contributed by atoms with van der Waals surface area (Å²) < 4.78 is 1.59. The van der Waals surface area contributed by atoms with E-state index in [0.29, 0.717) is 11.3 Å². The number of hydrogen-bond donors (Lipinski definition) is 3. The van der Waals surface area contributed by atoms with Gasteiger partial charge in [-0.3, -0.25) is 25.4 Å². The number of para-hydroxylation sites is 1. The van der Waals surface area contributed by atoms with Crippen molar-refractivity contribution in [2.45, 2.75) is 0 Å². The minimum Gasteiger partial charge on any atom is -0.508 e. The number of hydrogen-bond acceptors (Lipinski definition) is 5. The zero-order valence-electron chi connectivity index (χ0n) is 15.7. The number of aromatic hydroxyl groups is 1. The van der Waals surface area contributed by atoms with Crippen molar-refractivity contribution in [1.82, 2.24) is 25.6 Å². The molecule has 8 heteroatoms. The summed E-state index contributed by atoms with van der Waals surface area (Å²) in [6.45, 7) is 0. The van der Waals surface area contributed by atoms with E-state index in [-0.39, 0.29) is 16.9 Å². The van der Waals surface area contributed by atoms with E-state index in [9.17, 15) is 14.7 Å². The molecule has 0 unspecified atom stereocenters. The second kappa shape index (κ2) is 8.27. The topological polar surface area (TPSA) is 109 Å². The van der Waals surface area contributed by atoms with Crippen molar-refractivity contribution in [2.75, 3.05) is 0 Å². The zero-order valence-corrected chi connectivity index (χ0v) is 15.7. The van der Waals surface area contributed by atoms with E-state index in [1.807, 2.05) is 30.3 Å². The van der Waals surface area contributed by atoms with E-state index in [0.717, 1.165) is 5.69 Å². The molecular weight excluding hydrogens is 382 g/mol. The van der Waals surface area contributed by atoms with E-state index in [1.165, 1.54) is 24.3 Å². The highest BCUT2D eigenvalue weighted by molar-refractivity contribution is 6.02. The Morgan fingerprint density at radius 1 is 0.900 bits per heavy atom. The molecular formula is C22H17N5O3. The summed E-state index contributed by atoms with van der Waals surface area (Å²) in [6, 6.07) is 18.7. The lowest BCUT2D eigenvalue weighted by Crippen LogP contribution is -2.41. The predicted octanol–water partition coefficient (Wildman–Crippen LogP) is 2.71. The van der Waals surface area contributed by atoms with Crippen molar-refractivity contribution in [1.29, 1.82) is 0 Å². The van der Waals surface area contributed by atoms with Gasteiger partial charge in [-0.1, -0.05) is 24.3 Å². The minimum atomic E-state index is -0.558. The van der Waals surface area contributed by atoms with Crippen LogP contribution >= 0.6 is 0 Å². The average Bonchev–Trinajstić information content (AvgIpc) is 3.24. The van der Waals surface area contributed by atoms with E-state index in [4.69, 9.17) is 0 Å². The molecule has 30 heavy (non-hydrogen) atoms. The Kier molecular flexibility index (Phi) is 5.21. The third kappa shape index (κ3) is 4.02. The van der Waals surface area contributed by atoms with Gasteiger partial charge in [0.15, 0.2) is 0 Å². The van der Waals surface area contributed by atoms with Gasteiger partial charge in [0.05, 0.1) is 11.3 Å². The van der Waals surface area contributed by atoms with E-state index < -0.39 is 11.8 Å². The van der Waals surface area contributed by atoms with Gasteiger partial charge in [0.25, 0.3) is 11.8 Å². The Labute approximate surface area is 171 Å². The van der Waals surface area contributed by atoms with Crippen molar-refractivity contribution in [2.24, 2.45) is 0 Å². The van der Waals surface area contributed by atoms with Gasteiger partial charge >= 0.3 is 0 Å². The van der Waals surface area contributed by atoms with Gasteiger partial charge in [0.1, 0.15) is 11.4 Å². The van der Waals surface area contributed by atoms with Crippen molar-refractivity contribution in [3.05, 3.63) is 96.4 Å². The molecule has 0 spiro atoms. The molecule has 0 saturated heterocycles. The molecule has 2 amide bonds. The molecule has 148 valence electrons. The number of phenols is 1. The first-order valence-electron chi connectivity index (χ1n) is 9.07. The van der Waals surface area contributed by atoms with Crippen molar-refractivity contribution in [3.8, 4) is 22.7 Å². The summed E-state index contributed by atoms with van der Waals surface area (Å²) in [5, 5.41) is 14.0. The summed E-state index contributed by atoms with van der Waals surface area (Å²) >= 11 is 0. The molecule has 4 aromatic rings. The number of hydrazine groups is 1. The van der Waals surface area contributed by atoms with Gasteiger partial charge in [-0.2, -0.15) is 5.10 Å². The molecule has 8 nitrogen and oxygen atoms in total. The summed E-state index contributed by atoms with van der Waals surface area (Å²) in [7, 11) is 0. The lowest BCUT2D eigenvalue weighted by atomic mass is 10.1. The molecule has 0 radical (unpaired) electrons. The van der Waals surface area contributed by atoms with Crippen LogP contribution in [0.5, 0.6) is 5.75 Å². The van der Waals surface area contributed by atoms with Crippen LogP contribution in [0.1, 0.15) is 20.7 Å². The third-order valence-electron chi connectivity index (χ3n) is 4.31. The number of pyridine rings is 1. The number of carbonyl (C=O) groups excluding carboxylic acids is 2. The predicted molar refractivity (Wildman–Crippen MR) is 110 cm³/mol. The number of phenolic OH excluding ortho intramolecular Hbond substituents is 1. The number of carbonyl (C=O) groups is 2. The number of rotatable bonds is 4. The number of nitrogens with one attached hydrogen (secondary N) is 2. The first-order valence-corrected chi connectivity index (χ1v) is 9.07. The number of nitrogens with zero attached hydrogens (tertiary/aromatic N) is 3. The fourth-order valence-corrected chi connectivity index (χ4v) is 2.87. The molecule has 4 rings (SSSR count). The van der Waals surface area contributed by atoms with Crippen LogP contribution in [0.3, 0.4) is 0 Å². The van der Waals surface area contributed by atoms with E-state index in [2.05, 4.69) is 20.9 Å². The summed E-state index contributed by atoms with van der Waals surface area (Å²) in [5.74, 6) is -1.14. The molecule has 2 aromatic carbocycles. The minimum absolute atomic E-state index is 0.0445. The Balaban J connectivity index is 1.61. The van der Waals surface area contributed by atoms with Crippen LogP contribution < -0.4 is 10.9 Å². The smallest absolute Gasteiger partial charge is 0.273 e. The molecule has 3 N–H and O–H groups in total. The molecule has 0 aliphatic carbocycles. The molecule has 0 bridgehead atoms. The highest BCUT2D eigenvalue weighted by Gasteiger charge is 2.19. The summed E-state index contributed by atoms with van der Waals surface area (Å²) in [6.07, 6.45) is 4.83. The zero-order chi connectivity index (χ0) is 20.9. The van der Waals surface area contributed by atoms with Gasteiger partial charge in [-0.25, -0.2) is 4.68 Å². The summed E-state index contributed by atoms with van der Waals surface area (Å²) in [4.78, 5) is 29.2. The maximum atomic E-state index is 12.8. The lowest BCUT2D eigenvalue weighted by molar-refractivity contribution is 0.0847. The van der Waals surface area contributed by atoms with Crippen LogP contribution in [-0.2, 0) is 0 Å². The van der Waals surface area contributed by atoms with E-state index >= 15 is 0 Å². The maximum Gasteiger partial charge on any atom is 0.273 e. The standard InChI is InChI=1S/C22H17N5O3/c28-18-10-4-6-15(12-18)21(29)24-25-22(30)19-14-27(17-8-2-1-3-9-17)26-20(19)16-7-5-11-23-13-16/h1-14,28H,(H,24,29)(H,25,30). The SMILES string of the molecule is O=C(NNC(=O)c1cn(-c2ccccc2)nc1-c1cccnc1)c1cccc(O)c1. The summed E-state index contributed by atoms with van der Waals surface area (Å²) in [5.41, 5.74) is 7.10. The molecule has 2 heterocycles. The maximum absolute atomic E-state index is 12.8. The van der Waals surface area contributed by atoms with Gasteiger partial charge in [-0.05, 0) is 42.5 Å². The highest BCUT2D eigenvalue weighted by atomic mass is 16.3. The fourth-order valence-electron chi connectivity index (χ4n) is 2.87.